The average molecular weight is 713 g/mol. The van der Waals surface area contributed by atoms with Crippen LogP contribution in [0.4, 0.5) is 0 Å². The Bertz CT molecular complexity index is 1450. The molecule has 11 heteroatoms. The lowest BCUT2D eigenvalue weighted by atomic mass is 9.60. The highest BCUT2D eigenvalue weighted by Gasteiger charge is 2.59. The molecule has 4 bridgehead atoms. The molecule has 3 N–H and O–H groups in total. The van der Waals surface area contributed by atoms with Gasteiger partial charge < -0.3 is 24.8 Å². The van der Waals surface area contributed by atoms with Crippen molar-refractivity contribution in [3.8, 4) is 0 Å². The van der Waals surface area contributed by atoms with E-state index in [1.807, 2.05) is 6.08 Å². The molecule has 282 valence electrons. The molecule has 4 aliphatic rings. The lowest BCUT2D eigenvalue weighted by molar-refractivity contribution is -0.159. The van der Waals surface area contributed by atoms with Gasteiger partial charge >= 0.3 is 35.8 Å². The molecule has 0 aliphatic heterocycles. The highest BCUT2D eigenvalue weighted by atomic mass is 16.6. The first kappa shape index (κ1) is 43.0. The summed E-state index contributed by atoms with van der Waals surface area (Å²) >= 11 is 0. The number of rotatable bonds is 8. The maximum absolute atomic E-state index is 11.7. The van der Waals surface area contributed by atoms with Crippen LogP contribution >= 0.6 is 0 Å². The van der Waals surface area contributed by atoms with E-state index in [4.69, 9.17) is 5.11 Å². The molecular weight excluding hydrogens is 656 g/mol. The standard InChI is InChI=1S/C18H24O6.C12H18O2.C10H14O3/c1-11(17(3,4)5)15(21)23-13(19)9-10-14(20)24-16(22)12(2)18(6,7)8;1-11(2,3)12(10(13)14)7-8-4-5-9(12)6-8;11-4-3-10(9(12)13)6-7-1-2-8(10)5-7/h9-10H,1-2H2,3-8H3;4-5,8-9H,6-7H2,1-3H3,(H,13,14);1-2,7-8,11H,3-6H2,(H,12,13)/b10-9-;;. The summed E-state index contributed by atoms with van der Waals surface area (Å²) in [5, 5.41) is 27.5. The van der Waals surface area contributed by atoms with Crippen molar-refractivity contribution in [3.63, 3.8) is 0 Å². The number of aliphatic hydroxyl groups excluding tert-OH is 1. The first-order valence-corrected chi connectivity index (χ1v) is 17.3. The van der Waals surface area contributed by atoms with Crippen LogP contribution in [0.25, 0.3) is 0 Å². The normalized spacial score (nSPS) is 27.2. The number of carbonyl (C=O) groups excluding carboxylic acids is 4. The summed E-state index contributed by atoms with van der Waals surface area (Å²) in [7, 11) is 0. The molecule has 4 rings (SSSR count). The topological polar surface area (TPSA) is 182 Å². The van der Waals surface area contributed by atoms with Crippen LogP contribution in [0.15, 0.2) is 60.8 Å². The largest absolute Gasteiger partial charge is 0.481 e. The van der Waals surface area contributed by atoms with Crippen molar-refractivity contribution in [3.05, 3.63) is 60.8 Å². The van der Waals surface area contributed by atoms with Gasteiger partial charge in [0.1, 0.15) is 0 Å². The van der Waals surface area contributed by atoms with E-state index in [-0.39, 0.29) is 35.0 Å². The molecule has 0 saturated heterocycles. The number of hydrogen-bond donors (Lipinski definition) is 3. The predicted molar refractivity (Wildman–Crippen MR) is 191 cm³/mol. The predicted octanol–water partition coefficient (Wildman–Crippen LogP) is 6.62. The van der Waals surface area contributed by atoms with Gasteiger partial charge in [0.15, 0.2) is 0 Å². The number of aliphatic hydroxyl groups is 1. The fraction of sp³-hybridized carbons (Fsp3) is 0.600. The zero-order valence-electron chi connectivity index (χ0n) is 31.5. The first-order chi connectivity index (χ1) is 23.2. The van der Waals surface area contributed by atoms with Gasteiger partial charge in [-0.1, -0.05) is 99.8 Å². The van der Waals surface area contributed by atoms with Crippen molar-refractivity contribution in [1.29, 1.82) is 0 Å². The van der Waals surface area contributed by atoms with Gasteiger partial charge in [-0.15, -0.1) is 0 Å². The number of hydrogen-bond acceptors (Lipinski definition) is 9. The third-order valence-electron chi connectivity index (χ3n) is 10.6. The van der Waals surface area contributed by atoms with Crippen molar-refractivity contribution in [2.45, 2.75) is 94.4 Å². The molecular formula is C40H56O11. The van der Waals surface area contributed by atoms with Gasteiger partial charge in [-0.25, -0.2) is 19.2 Å². The summed E-state index contributed by atoms with van der Waals surface area (Å²) in [6, 6.07) is 0. The second-order valence-electron chi connectivity index (χ2n) is 17.1. The van der Waals surface area contributed by atoms with Gasteiger partial charge in [0.2, 0.25) is 0 Å². The van der Waals surface area contributed by atoms with E-state index in [9.17, 15) is 39.0 Å². The second-order valence-corrected chi connectivity index (χ2v) is 17.1. The van der Waals surface area contributed by atoms with E-state index in [1.54, 1.807) is 41.5 Å². The minimum atomic E-state index is -1.07. The molecule has 0 aromatic rings. The Kier molecular flexibility index (Phi) is 13.5. The molecule has 2 fully saturated rings. The van der Waals surface area contributed by atoms with Crippen molar-refractivity contribution in [2.75, 3.05) is 6.61 Å². The van der Waals surface area contributed by atoms with Gasteiger partial charge in [-0.05, 0) is 72.0 Å². The number of esters is 4. The molecule has 0 amide bonds. The Balaban J connectivity index is 0.000000282. The van der Waals surface area contributed by atoms with E-state index in [0.29, 0.717) is 36.8 Å². The fourth-order valence-corrected chi connectivity index (χ4v) is 7.20. The first-order valence-electron chi connectivity index (χ1n) is 17.3. The lowest BCUT2D eigenvalue weighted by Crippen LogP contribution is -2.46. The number of ether oxygens (including phenoxy) is 2. The highest BCUT2D eigenvalue weighted by molar-refractivity contribution is 6.04. The Morgan fingerprint density at radius 1 is 0.686 bits per heavy atom. The third-order valence-corrected chi connectivity index (χ3v) is 10.6. The van der Waals surface area contributed by atoms with Crippen LogP contribution in [0.3, 0.4) is 0 Å². The summed E-state index contributed by atoms with van der Waals surface area (Å²) in [5.41, 5.74) is -2.21. The molecule has 4 aliphatic carbocycles. The van der Waals surface area contributed by atoms with Gasteiger partial charge in [-0.3, -0.25) is 9.59 Å². The fourth-order valence-electron chi connectivity index (χ4n) is 7.20. The van der Waals surface area contributed by atoms with Crippen LogP contribution < -0.4 is 0 Å². The maximum atomic E-state index is 11.7. The number of fused-ring (bicyclic) bond motifs is 4. The molecule has 0 aromatic heterocycles. The van der Waals surface area contributed by atoms with Crippen LogP contribution in [0, 0.1) is 50.7 Å². The molecule has 6 unspecified atom stereocenters. The number of allylic oxidation sites excluding steroid dienone is 4. The number of carbonyl (C=O) groups is 6. The number of aliphatic carboxylic acids is 2. The SMILES string of the molecule is C=C(C(=O)OC(=O)/C=C\C(=O)OC(=O)C(=C)C(C)(C)C)C(C)(C)C.CC(C)(C)C1(C(=O)O)CC2C=CC1C2.O=C(O)C1(CCO)CC2C=CC1C2. The van der Waals surface area contributed by atoms with Crippen molar-refractivity contribution in [2.24, 2.45) is 50.7 Å². The molecule has 0 radical (unpaired) electrons. The zero-order chi connectivity index (χ0) is 39.3. The van der Waals surface area contributed by atoms with Crippen LogP contribution in [-0.2, 0) is 38.2 Å². The zero-order valence-corrected chi connectivity index (χ0v) is 31.5. The van der Waals surface area contributed by atoms with E-state index in [0.717, 1.165) is 19.3 Å². The van der Waals surface area contributed by atoms with Crippen molar-refractivity contribution in [1.82, 2.24) is 0 Å². The average Bonchev–Trinajstić information content (AvgIpc) is 3.81. The second kappa shape index (κ2) is 16.0. The summed E-state index contributed by atoms with van der Waals surface area (Å²) < 4.78 is 9.04. The molecule has 0 spiro atoms. The van der Waals surface area contributed by atoms with Gasteiger partial charge in [0.05, 0.1) is 10.8 Å². The minimum absolute atomic E-state index is 0.0244. The maximum Gasteiger partial charge on any atom is 0.341 e. The Morgan fingerprint density at radius 2 is 1.10 bits per heavy atom. The minimum Gasteiger partial charge on any atom is -0.481 e. The van der Waals surface area contributed by atoms with Gasteiger partial charge in [0, 0.05) is 29.9 Å². The van der Waals surface area contributed by atoms with Gasteiger partial charge in [-0.2, -0.15) is 0 Å². The summed E-state index contributed by atoms with van der Waals surface area (Å²) in [6.07, 6.45) is 13.8. The Morgan fingerprint density at radius 3 is 1.33 bits per heavy atom. The van der Waals surface area contributed by atoms with E-state index < -0.39 is 57.5 Å². The highest BCUT2D eigenvalue weighted by Crippen LogP contribution is 2.60. The summed E-state index contributed by atoms with van der Waals surface area (Å²) in [6.45, 7) is 23.7. The summed E-state index contributed by atoms with van der Waals surface area (Å²) in [4.78, 5) is 69.0. The van der Waals surface area contributed by atoms with Crippen molar-refractivity contribution < 1.29 is 53.6 Å². The van der Waals surface area contributed by atoms with E-state index in [2.05, 4.69) is 61.6 Å². The molecule has 2 saturated carbocycles. The number of carboxylic acids is 2. The molecule has 0 aromatic carbocycles. The third kappa shape index (κ3) is 10.0. The summed E-state index contributed by atoms with van der Waals surface area (Å²) in [5.74, 6) is -3.89. The van der Waals surface area contributed by atoms with Crippen molar-refractivity contribution >= 4 is 35.8 Å². The Hall–Kier alpha value is -4.12. The molecule has 51 heavy (non-hydrogen) atoms. The van der Waals surface area contributed by atoms with Crippen LogP contribution in [0.1, 0.15) is 94.4 Å². The number of carboxylic acid groups (broad SMARTS) is 2. The molecule has 6 atom stereocenters. The monoisotopic (exact) mass is 712 g/mol. The smallest absolute Gasteiger partial charge is 0.341 e. The van der Waals surface area contributed by atoms with Gasteiger partial charge in [0.25, 0.3) is 0 Å². The van der Waals surface area contributed by atoms with Crippen LogP contribution in [0.5, 0.6) is 0 Å². The van der Waals surface area contributed by atoms with Crippen LogP contribution in [-0.4, -0.2) is 57.7 Å². The van der Waals surface area contributed by atoms with Crippen LogP contribution in [0.2, 0.25) is 0 Å². The Labute approximate surface area is 301 Å². The van der Waals surface area contributed by atoms with E-state index >= 15 is 0 Å². The lowest BCUT2D eigenvalue weighted by Gasteiger charge is -2.42. The molecule has 11 nitrogen and oxygen atoms in total. The molecule has 0 heterocycles. The quantitative estimate of drug-likeness (QED) is 0.106. The van der Waals surface area contributed by atoms with E-state index in [1.165, 1.54) is 0 Å².